The molecular weight excluding hydrogens is 267 g/mol. The van der Waals surface area contributed by atoms with E-state index in [2.05, 4.69) is 5.32 Å². The Morgan fingerprint density at radius 2 is 1.95 bits per heavy atom. The van der Waals surface area contributed by atoms with Gasteiger partial charge < -0.3 is 11.1 Å². The van der Waals surface area contributed by atoms with Gasteiger partial charge in [-0.05, 0) is 30.7 Å². The Hall–Kier alpha value is -2.07. The second kappa shape index (κ2) is 5.28. The maximum absolute atomic E-state index is 13.6. The lowest BCUT2D eigenvalue weighted by molar-refractivity contribution is 0.102. The van der Waals surface area contributed by atoms with E-state index in [9.17, 15) is 9.18 Å². The highest BCUT2D eigenvalue weighted by atomic mass is 35.5. The number of aryl methyl sites for hydroxylation is 1. The number of nitrogen functional groups attached to an aromatic ring is 1. The van der Waals surface area contributed by atoms with E-state index in [-0.39, 0.29) is 16.3 Å². The molecule has 0 unspecified atom stereocenters. The van der Waals surface area contributed by atoms with Crippen molar-refractivity contribution >= 4 is 28.9 Å². The zero-order valence-electron chi connectivity index (χ0n) is 10.2. The molecule has 5 heteroatoms. The maximum atomic E-state index is 13.6. The van der Waals surface area contributed by atoms with E-state index >= 15 is 0 Å². The second-order valence-corrected chi connectivity index (χ2v) is 4.47. The number of benzene rings is 2. The molecule has 98 valence electrons. The molecule has 1 amide bonds. The number of carbonyl (C=O) groups is 1. The average Bonchev–Trinajstić information content (AvgIpc) is 2.37. The molecule has 2 aromatic carbocycles. The first-order chi connectivity index (χ1) is 9.00. The third-order valence-corrected chi connectivity index (χ3v) is 3.16. The van der Waals surface area contributed by atoms with Gasteiger partial charge in [-0.2, -0.15) is 0 Å². The van der Waals surface area contributed by atoms with Crippen LogP contribution in [-0.2, 0) is 0 Å². The SMILES string of the molecule is Cc1cccc(F)c1NC(=O)c1cccc(N)c1Cl. The van der Waals surface area contributed by atoms with E-state index < -0.39 is 11.7 Å². The molecule has 0 bridgehead atoms. The second-order valence-electron chi connectivity index (χ2n) is 4.09. The van der Waals surface area contributed by atoms with Crippen LogP contribution in [0, 0.1) is 12.7 Å². The van der Waals surface area contributed by atoms with Gasteiger partial charge in [0, 0.05) is 0 Å². The molecule has 0 aliphatic carbocycles. The minimum atomic E-state index is -0.495. The Morgan fingerprint density at radius 1 is 1.26 bits per heavy atom. The Bertz CT molecular complexity index is 623. The van der Waals surface area contributed by atoms with Crippen molar-refractivity contribution in [1.29, 1.82) is 0 Å². The molecule has 0 saturated carbocycles. The molecule has 2 rings (SSSR count). The monoisotopic (exact) mass is 278 g/mol. The van der Waals surface area contributed by atoms with E-state index in [1.54, 1.807) is 31.2 Å². The Kier molecular flexibility index (Phi) is 3.71. The average molecular weight is 279 g/mol. The zero-order chi connectivity index (χ0) is 14.0. The highest BCUT2D eigenvalue weighted by Crippen LogP contribution is 2.25. The lowest BCUT2D eigenvalue weighted by Crippen LogP contribution is -2.15. The number of carbonyl (C=O) groups excluding carboxylic acids is 1. The normalized spacial score (nSPS) is 10.3. The van der Waals surface area contributed by atoms with Crippen LogP contribution in [0.4, 0.5) is 15.8 Å². The van der Waals surface area contributed by atoms with E-state index in [0.717, 1.165) is 0 Å². The molecule has 3 nitrogen and oxygen atoms in total. The van der Waals surface area contributed by atoms with Crippen molar-refractivity contribution in [2.45, 2.75) is 6.92 Å². The summed E-state index contributed by atoms with van der Waals surface area (Å²) in [6.07, 6.45) is 0. The van der Waals surface area contributed by atoms with Gasteiger partial charge >= 0.3 is 0 Å². The van der Waals surface area contributed by atoms with Crippen molar-refractivity contribution in [3.05, 3.63) is 58.4 Å². The fraction of sp³-hybridized carbons (Fsp3) is 0.0714. The quantitative estimate of drug-likeness (QED) is 0.824. The number of anilines is 2. The number of halogens is 2. The van der Waals surface area contributed by atoms with Crippen LogP contribution < -0.4 is 11.1 Å². The molecule has 0 heterocycles. The van der Waals surface area contributed by atoms with Crippen molar-refractivity contribution in [2.24, 2.45) is 0 Å². The van der Waals surface area contributed by atoms with Gasteiger partial charge in [0.25, 0.3) is 5.91 Å². The first-order valence-electron chi connectivity index (χ1n) is 5.61. The highest BCUT2D eigenvalue weighted by molar-refractivity contribution is 6.36. The van der Waals surface area contributed by atoms with Gasteiger partial charge in [-0.25, -0.2) is 4.39 Å². The fourth-order valence-electron chi connectivity index (χ4n) is 1.70. The number of nitrogens with two attached hydrogens (primary N) is 1. The highest BCUT2D eigenvalue weighted by Gasteiger charge is 2.15. The Morgan fingerprint density at radius 3 is 2.63 bits per heavy atom. The lowest BCUT2D eigenvalue weighted by atomic mass is 10.1. The van der Waals surface area contributed by atoms with Crippen molar-refractivity contribution in [3.63, 3.8) is 0 Å². The van der Waals surface area contributed by atoms with Gasteiger partial charge in [0.15, 0.2) is 0 Å². The van der Waals surface area contributed by atoms with Gasteiger partial charge in [0.2, 0.25) is 0 Å². The van der Waals surface area contributed by atoms with Crippen molar-refractivity contribution in [3.8, 4) is 0 Å². The van der Waals surface area contributed by atoms with Gasteiger partial charge in [0.1, 0.15) is 5.82 Å². The van der Waals surface area contributed by atoms with Gasteiger partial charge in [0.05, 0.1) is 22.0 Å². The number of hydrogen-bond donors (Lipinski definition) is 2. The largest absolute Gasteiger partial charge is 0.398 e. The molecule has 0 spiro atoms. The summed E-state index contributed by atoms with van der Waals surface area (Å²) in [7, 11) is 0. The molecule has 0 atom stereocenters. The summed E-state index contributed by atoms with van der Waals surface area (Å²) in [6.45, 7) is 1.71. The Balaban J connectivity index is 2.34. The molecule has 0 aromatic heterocycles. The zero-order valence-corrected chi connectivity index (χ0v) is 11.0. The summed E-state index contributed by atoms with van der Waals surface area (Å²) < 4.78 is 13.6. The van der Waals surface area contributed by atoms with Crippen LogP contribution in [0.15, 0.2) is 36.4 Å². The predicted molar refractivity (Wildman–Crippen MR) is 75.0 cm³/mol. The van der Waals surface area contributed by atoms with Gasteiger partial charge in [-0.15, -0.1) is 0 Å². The van der Waals surface area contributed by atoms with Crippen LogP contribution in [0.2, 0.25) is 5.02 Å². The molecule has 0 saturated heterocycles. The van der Waals surface area contributed by atoms with E-state index in [0.29, 0.717) is 11.3 Å². The molecule has 0 aliphatic heterocycles. The molecule has 19 heavy (non-hydrogen) atoms. The first-order valence-corrected chi connectivity index (χ1v) is 5.99. The van der Waals surface area contributed by atoms with Crippen LogP contribution in [0.5, 0.6) is 0 Å². The topological polar surface area (TPSA) is 55.1 Å². The van der Waals surface area contributed by atoms with E-state index in [1.165, 1.54) is 12.1 Å². The molecule has 0 fully saturated rings. The number of para-hydroxylation sites is 1. The van der Waals surface area contributed by atoms with Gasteiger partial charge in [-0.3, -0.25) is 4.79 Å². The lowest BCUT2D eigenvalue weighted by Gasteiger charge is -2.11. The summed E-state index contributed by atoms with van der Waals surface area (Å²) in [4.78, 5) is 12.1. The predicted octanol–water partition coefficient (Wildman–Crippen LogP) is 3.62. The number of nitrogens with one attached hydrogen (secondary N) is 1. The van der Waals surface area contributed by atoms with Crippen LogP contribution in [-0.4, -0.2) is 5.91 Å². The molecule has 2 aromatic rings. The third kappa shape index (κ3) is 2.69. The van der Waals surface area contributed by atoms with E-state index in [4.69, 9.17) is 17.3 Å². The van der Waals surface area contributed by atoms with Crippen molar-refractivity contribution in [1.82, 2.24) is 0 Å². The van der Waals surface area contributed by atoms with Crippen LogP contribution >= 0.6 is 11.6 Å². The number of amides is 1. The Labute approximate surface area is 115 Å². The molecule has 0 radical (unpaired) electrons. The summed E-state index contributed by atoms with van der Waals surface area (Å²) in [5, 5.41) is 2.67. The summed E-state index contributed by atoms with van der Waals surface area (Å²) in [5.41, 5.74) is 6.92. The van der Waals surface area contributed by atoms with Crippen molar-refractivity contribution in [2.75, 3.05) is 11.1 Å². The minimum Gasteiger partial charge on any atom is -0.398 e. The first kappa shape index (κ1) is 13.4. The van der Waals surface area contributed by atoms with Crippen LogP contribution in [0.25, 0.3) is 0 Å². The summed E-state index contributed by atoms with van der Waals surface area (Å²) in [6, 6.07) is 9.30. The van der Waals surface area contributed by atoms with Crippen LogP contribution in [0.3, 0.4) is 0 Å². The fourth-order valence-corrected chi connectivity index (χ4v) is 1.91. The minimum absolute atomic E-state index is 0.144. The number of rotatable bonds is 2. The van der Waals surface area contributed by atoms with Crippen LogP contribution in [0.1, 0.15) is 15.9 Å². The molecule has 3 N–H and O–H groups in total. The number of hydrogen-bond acceptors (Lipinski definition) is 2. The molecule has 0 aliphatic rings. The smallest absolute Gasteiger partial charge is 0.257 e. The van der Waals surface area contributed by atoms with E-state index in [1.807, 2.05) is 0 Å². The molecular formula is C14H12ClFN2O. The summed E-state index contributed by atoms with van der Waals surface area (Å²) in [5.74, 6) is -0.987. The van der Waals surface area contributed by atoms with Gasteiger partial charge in [-0.1, -0.05) is 29.8 Å². The summed E-state index contributed by atoms with van der Waals surface area (Å²) >= 11 is 5.95. The third-order valence-electron chi connectivity index (χ3n) is 2.73. The van der Waals surface area contributed by atoms with Crippen molar-refractivity contribution < 1.29 is 9.18 Å². The standard InChI is InChI=1S/C14H12ClFN2O/c1-8-4-2-6-10(16)13(8)18-14(19)9-5-3-7-11(17)12(9)15/h2-7H,17H2,1H3,(H,18,19). The maximum Gasteiger partial charge on any atom is 0.257 e.